The predicted octanol–water partition coefficient (Wildman–Crippen LogP) is 11.7. The molecule has 1 aliphatic carbocycles. The Hall–Kier alpha value is -5.96. The van der Waals surface area contributed by atoms with Crippen molar-refractivity contribution in [1.29, 1.82) is 5.26 Å². The smallest absolute Gasteiger partial charge is 0.346 e. The highest BCUT2D eigenvalue weighted by molar-refractivity contribution is 7.19. The number of ketones is 1. The molecule has 0 amide bonds. The summed E-state index contributed by atoms with van der Waals surface area (Å²) in [6.45, 7) is 13.8. The van der Waals surface area contributed by atoms with Crippen LogP contribution in [0.4, 0.5) is 11.4 Å². The minimum Gasteiger partial charge on any atom is -0.506 e. The number of aliphatic carboxylic acids is 1. The number of Topliss-reactive ketones (excluding diaryl/α,β-unsaturated/α-hetero) is 1. The number of aliphatic hydroxyl groups is 1. The molecule has 3 heterocycles. The van der Waals surface area contributed by atoms with E-state index in [0.717, 1.165) is 113 Å². The molecule has 0 unspecified atom stereocenters. The third-order valence-electron chi connectivity index (χ3n) is 11.4. The number of thiophene rings is 1. The lowest BCUT2D eigenvalue weighted by Crippen LogP contribution is -2.31. The fourth-order valence-corrected chi connectivity index (χ4v) is 9.50. The van der Waals surface area contributed by atoms with Crippen LogP contribution in [0.25, 0.3) is 44.1 Å². The molecule has 1 aliphatic heterocycles. The number of carboxylic acids is 1. The SMILES string of the molecule is CCCCN(CCCC)c1ccc(/C=C/C2=C(O)C(=C\C3=[N+](CCCC)c4ccc(-c5ccc(-c6ccc(/C=C(\C#N)C(=O)O)c7nsnc67)s5)cc4C3(C)C)/C2=O)cc1. The summed E-state index contributed by atoms with van der Waals surface area (Å²) >= 11 is 2.68. The molecule has 0 atom stereocenters. The van der Waals surface area contributed by atoms with Gasteiger partial charge in [0.15, 0.2) is 5.71 Å². The molecule has 7 rings (SSSR count). The molecule has 60 heavy (non-hydrogen) atoms. The molecular formula is C49H50N5O4S2+. The number of carbonyl (C=O) groups excluding carboxylic acids is 1. The maximum absolute atomic E-state index is 13.6. The molecule has 11 heteroatoms. The van der Waals surface area contributed by atoms with Gasteiger partial charge in [-0.3, -0.25) is 4.79 Å². The van der Waals surface area contributed by atoms with Crippen LogP contribution in [-0.4, -0.2) is 60.6 Å². The van der Waals surface area contributed by atoms with Crippen LogP contribution in [0, 0.1) is 11.3 Å². The van der Waals surface area contributed by atoms with Crippen molar-refractivity contribution < 1.29 is 24.4 Å². The first-order chi connectivity index (χ1) is 29.0. The number of allylic oxidation sites excluding steroid dienone is 4. The van der Waals surface area contributed by atoms with Gasteiger partial charge < -0.3 is 15.1 Å². The Balaban J connectivity index is 1.14. The van der Waals surface area contributed by atoms with Crippen molar-refractivity contribution in [2.75, 3.05) is 24.5 Å². The van der Waals surface area contributed by atoms with E-state index in [9.17, 15) is 25.1 Å². The zero-order valence-electron chi connectivity index (χ0n) is 34.8. The number of rotatable bonds is 17. The van der Waals surface area contributed by atoms with Gasteiger partial charge in [0.05, 0.1) is 28.3 Å². The van der Waals surface area contributed by atoms with E-state index in [1.807, 2.05) is 18.2 Å². The lowest BCUT2D eigenvalue weighted by Gasteiger charge is -2.24. The van der Waals surface area contributed by atoms with E-state index in [1.54, 1.807) is 29.5 Å². The Morgan fingerprint density at radius 2 is 1.60 bits per heavy atom. The molecular weight excluding hydrogens is 787 g/mol. The van der Waals surface area contributed by atoms with Gasteiger partial charge in [0.25, 0.3) is 0 Å². The first-order valence-electron chi connectivity index (χ1n) is 20.7. The molecule has 0 bridgehead atoms. The van der Waals surface area contributed by atoms with E-state index in [4.69, 9.17) is 0 Å². The first kappa shape index (κ1) is 42.2. The number of carbonyl (C=O) groups is 2. The molecule has 0 saturated carbocycles. The van der Waals surface area contributed by atoms with E-state index in [1.165, 1.54) is 11.8 Å². The second-order valence-corrected chi connectivity index (χ2v) is 17.4. The summed E-state index contributed by atoms with van der Waals surface area (Å²) in [5, 5.41) is 30.0. The Bertz CT molecular complexity index is 2660. The molecule has 306 valence electrons. The summed E-state index contributed by atoms with van der Waals surface area (Å²) in [5.41, 5.74) is 8.93. The zero-order valence-corrected chi connectivity index (χ0v) is 36.4. The molecule has 5 aromatic rings. The monoisotopic (exact) mass is 836 g/mol. The summed E-state index contributed by atoms with van der Waals surface area (Å²) in [6, 6.07) is 24.5. The fraction of sp³-hybridized carbons (Fsp3) is 0.306. The predicted molar refractivity (Wildman–Crippen MR) is 245 cm³/mol. The number of unbranched alkanes of at least 4 members (excludes halogenated alkanes) is 3. The summed E-state index contributed by atoms with van der Waals surface area (Å²) < 4.78 is 11.3. The van der Waals surface area contributed by atoms with Crippen molar-refractivity contribution in [3.8, 4) is 27.0 Å². The van der Waals surface area contributed by atoms with Gasteiger partial charge in [-0.2, -0.15) is 18.6 Å². The van der Waals surface area contributed by atoms with Gasteiger partial charge in [-0.05, 0) is 86.4 Å². The standard InChI is InChI=1S/C49H49N5O4S2/c1-6-9-24-53(25-10-7-2)35-17-12-31(13-18-35)14-19-37-46(55)38(47(37)56)29-43-49(4,5)39-28-32(16-21-40(39)54(43)26-11-8-3)41-22-23-42(59-41)36-20-15-33(27-34(30-50)48(57)58)44-45(36)52-60-51-44/h12-23,27-29H,6-11,24-26H2,1-5H3,(H-,55,56,57,58)/p+1/b34-27+. The van der Waals surface area contributed by atoms with Crippen LogP contribution in [0.3, 0.4) is 0 Å². The normalized spacial score (nSPS) is 15.6. The number of anilines is 1. The highest BCUT2D eigenvalue weighted by Crippen LogP contribution is 2.45. The third kappa shape index (κ3) is 8.27. The number of nitriles is 1. The van der Waals surface area contributed by atoms with Gasteiger partial charge in [-0.1, -0.05) is 70.4 Å². The second kappa shape index (κ2) is 18.1. The number of carboxylic acid groups (broad SMARTS) is 1. The third-order valence-corrected chi connectivity index (χ3v) is 13.1. The largest absolute Gasteiger partial charge is 0.506 e. The number of aliphatic hydroxyl groups excluding tert-OH is 1. The summed E-state index contributed by atoms with van der Waals surface area (Å²) in [4.78, 5) is 29.6. The van der Waals surface area contributed by atoms with E-state index in [-0.39, 0.29) is 17.1 Å². The first-order valence-corrected chi connectivity index (χ1v) is 22.3. The van der Waals surface area contributed by atoms with Gasteiger partial charge in [-0.15, -0.1) is 11.3 Å². The van der Waals surface area contributed by atoms with Crippen LogP contribution in [0.5, 0.6) is 0 Å². The van der Waals surface area contributed by atoms with Crippen LogP contribution in [0.2, 0.25) is 0 Å². The quantitative estimate of drug-likeness (QED) is 0.0538. The molecule has 0 saturated heterocycles. The van der Waals surface area contributed by atoms with Gasteiger partial charge in [0, 0.05) is 63.8 Å². The molecule has 3 aromatic carbocycles. The van der Waals surface area contributed by atoms with E-state index in [0.29, 0.717) is 27.7 Å². The van der Waals surface area contributed by atoms with Gasteiger partial charge >= 0.3 is 5.97 Å². The number of aromatic nitrogens is 2. The highest BCUT2D eigenvalue weighted by Gasteiger charge is 2.46. The topological polar surface area (TPSA) is 130 Å². The van der Waals surface area contributed by atoms with Crippen LogP contribution >= 0.6 is 23.1 Å². The van der Waals surface area contributed by atoms with E-state index >= 15 is 0 Å². The number of hydrogen-bond donors (Lipinski definition) is 2. The maximum Gasteiger partial charge on any atom is 0.346 e. The number of hydrogen-bond acceptors (Lipinski definition) is 9. The molecule has 2 N–H and O–H groups in total. The van der Waals surface area contributed by atoms with Crippen molar-refractivity contribution in [3.05, 3.63) is 118 Å². The van der Waals surface area contributed by atoms with Crippen molar-refractivity contribution in [2.24, 2.45) is 0 Å². The Morgan fingerprint density at radius 3 is 2.27 bits per heavy atom. The summed E-state index contributed by atoms with van der Waals surface area (Å²) in [5.74, 6) is -1.42. The van der Waals surface area contributed by atoms with Crippen LogP contribution < -0.4 is 4.90 Å². The van der Waals surface area contributed by atoms with Crippen LogP contribution in [0.15, 0.2) is 101 Å². The van der Waals surface area contributed by atoms with Crippen LogP contribution in [0.1, 0.15) is 89.8 Å². The van der Waals surface area contributed by atoms with E-state index in [2.05, 4.69) is 107 Å². The zero-order chi connectivity index (χ0) is 42.6. The average molecular weight is 837 g/mol. The minimum atomic E-state index is -1.29. The average Bonchev–Trinajstić information content (AvgIpc) is 3.99. The number of nitrogens with zero attached hydrogens (tertiary/aromatic N) is 5. The van der Waals surface area contributed by atoms with Crippen molar-refractivity contribution in [2.45, 2.75) is 78.6 Å². The van der Waals surface area contributed by atoms with E-state index < -0.39 is 11.4 Å². The van der Waals surface area contributed by atoms with Gasteiger partial charge in [0.1, 0.15) is 35.0 Å². The molecule has 0 spiro atoms. The Kier molecular flexibility index (Phi) is 12.7. The number of fused-ring (bicyclic) bond motifs is 2. The second-order valence-electron chi connectivity index (χ2n) is 15.8. The Morgan fingerprint density at radius 1 is 0.900 bits per heavy atom. The summed E-state index contributed by atoms with van der Waals surface area (Å²) in [7, 11) is 0. The lowest BCUT2D eigenvalue weighted by atomic mass is 9.78. The molecule has 0 radical (unpaired) electrons. The highest BCUT2D eigenvalue weighted by atomic mass is 32.1. The van der Waals surface area contributed by atoms with Gasteiger partial charge in [-0.25, -0.2) is 4.79 Å². The molecule has 0 fully saturated rings. The van der Waals surface area contributed by atoms with Crippen molar-refractivity contribution in [3.63, 3.8) is 0 Å². The van der Waals surface area contributed by atoms with Crippen LogP contribution in [-0.2, 0) is 15.0 Å². The number of benzene rings is 3. The summed E-state index contributed by atoms with van der Waals surface area (Å²) in [6.07, 6.45) is 13.5. The fourth-order valence-electron chi connectivity index (χ4n) is 7.89. The Labute approximate surface area is 360 Å². The molecule has 2 aromatic heterocycles. The van der Waals surface area contributed by atoms with Gasteiger partial charge in [0.2, 0.25) is 11.5 Å². The minimum absolute atomic E-state index is 0.0283. The van der Waals surface area contributed by atoms with Crippen molar-refractivity contribution >= 4 is 75.1 Å². The van der Waals surface area contributed by atoms with Crippen molar-refractivity contribution in [1.82, 2.24) is 8.75 Å². The molecule has 9 nitrogen and oxygen atoms in total. The maximum atomic E-state index is 13.6. The molecule has 2 aliphatic rings. The lowest BCUT2D eigenvalue weighted by molar-refractivity contribution is -0.438.